The number of amides is 2. The Hall–Kier alpha value is -2.69. The van der Waals surface area contributed by atoms with Crippen LogP contribution in [0.15, 0.2) is 42.5 Å². The van der Waals surface area contributed by atoms with Gasteiger partial charge in [0, 0.05) is 19.3 Å². The van der Waals surface area contributed by atoms with Crippen molar-refractivity contribution in [3.63, 3.8) is 0 Å². The number of carbonyl (C=O) groups is 2. The summed E-state index contributed by atoms with van der Waals surface area (Å²) in [6.07, 6.45) is 1.34. The Morgan fingerprint density at radius 2 is 1.88 bits per heavy atom. The number of hydrogen-bond acceptors (Lipinski definition) is 2. The van der Waals surface area contributed by atoms with Gasteiger partial charge in [-0.3, -0.25) is 9.59 Å². The second-order valence-corrected chi connectivity index (χ2v) is 6.00. The zero-order chi connectivity index (χ0) is 17.1. The maximum absolute atomic E-state index is 12.8. The molecule has 0 unspecified atom stereocenters. The Bertz CT molecular complexity index is 771. The minimum atomic E-state index is -0.261. The van der Waals surface area contributed by atoms with Crippen LogP contribution in [-0.4, -0.2) is 25.4 Å². The van der Waals surface area contributed by atoms with Gasteiger partial charge in [-0.1, -0.05) is 24.3 Å². The van der Waals surface area contributed by atoms with Gasteiger partial charge in [0.15, 0.2) is 0 Å². The largest absolute Gasteiger partial charge is 0.355 e. The van der Waals surface area contributed by atoms with Crippen molar-refractivity contribution in [2.45, 2.75) is 19.3 Å². The third-order valence-corrected chi connectivity index (χ3v) is 4.23. The van der Waals surface area contributed by atoms with Crippen LogP contribution in [0.3, 0.4) is 0 Å². The maximum atomic E-state index is 12.8. The van der Waals surface area contributed by atoms with Gasteiger partial charge in [-0.15, -0.1) is 0 Å². The normalized spacial score (nSPS) is 13.1. The number of hydrogen-bond donors (Lipinski definition) is 1. The monoisotopic (exact) mass is 326 g/mol. The molecule has 0 radical (unpaired) electrons. The number of anilines is 1. The fraction of sp³-hybridized carbons (Fsp3) is 0.263. The first-order chi connectivity index (χ1) is 11.5. The van der Waals surface area contributed by atoms with Crippen LogP contribution >= 0.6 is 0 Å². The molecule has 2 amide bonds. The van der Waals surface area contributed by atoms with Crippen molar-refractivity contribution in [3.8, 4) is 0 Å². The van der Waals surface area contributed by atoms with Gasteiger partial charge < -0.3 is 10.2 Å². The van der Waals surface area contributed by atoms with Crippen molar-refractivity contribution in [2.75, 3.05) is 18.5 Å². The molecular formula is C19H19FN2O2. The zero-order valence-electron chi connectivity index (χ0n) is 13.5. The molecule has 4 nitrogen and oxygen atoms in total. The first kappa shape index (κ1) is 16.2. The summed E-state index contributed by atoms with van der Waals surface area (Å²) in [5.74, 6) is -0.246. The zero-order valence-corrected chi connectivity index (χ0v) is 13.5. The predicted octanol–water partition coefficient (Wildman–Crippen LogP) is 2.25. The van der Waals surface area contributed by atoms with E-state index in [-0.39, 0.29) is 24.1 Å². The number of nitrogens with zero attached hydrogens (tertiary/aromatic N) is 1. The molecular weight excluding hydrogens is 307 g/mol. The lowest BCUT2D eigenvalue weighted by molar-refractivity contribution is -0.120. The van der Waals surface area contributed by atoms with Crippen LogP contribution in [-0.2, 0) is 28.9 Å². The fourth-order valence-electron chi connectivity index (χ4n) is 2.88. The minimum absolute atomic E-state index is 0.0604. The quantitative estimate of drug-likeness (QED) is 0.916. The summed E-state index contributed by atoms with van der Waals surface area (Å²) < 4.78 is 12.8. The summed E-state index contributed by atoms with van der Waals surface area (Å²) in [4.78, 5) is 25.4. The Labute approximate surface area is 140 Å². The molecule has 1 aliphatic rings. The van der Waals surface area contributed by atoms with Gasteiger partial charge in [-0.2, -0.15) is 0 Å². The van der Waals surface area contributed by atoms with Crippen LogP contribution in [0.25, 0.3) is 0 Å². The molecule has 0 bridgehead atoms. The lowest BCUT2D eigenvalue weighted by atomic mass is 10.1. The van der Waals surface area contributed by atoms with E-state index < -0.39 is 0 Å². The Balaban J connectivity index is 1.51. The van der Waals surface area contributed by atoms with E-state index in [0.717, 1.165) is 22.4 Å². The number of nitrogens with one attached hydrogen (secondary N) is 1. The second kappa shape index (κ2) is 6.83. The number of likely N-dealkylation sites (N-methyl/N-ethyl adjacent to an activating group) is 1. The summed E-state index contributed by atoms with van der Waals surface area (Å²) in [5, 5.41) is 2.87. The highest BCUT2D eigenvalue weighted by molar-refractivity contribution is 6.01. The molecule has 2 aromatic carbocycles. The molecule has 1 N–H and O–H groups in total. The molecule has 5 heteroatoms. The molecule has 0 aliphatic carbocycles. The molecule has 0 fully saturated rings. The molecule has 3 rings (SSSR count). The van der Waals surface area contributed by atoms with E-state index in [1.807, 2.05) is 18.2 Å². The highest BCUT2D eigenvalue weighted by Gasteiger charge is 2.23. The maximum Gasteiger partial charge on any atom is 0.231 e. The van der Waals surface area contributed by atoms with E-state index in [0.29, 0.717) is 19.4 Å². The Morgan fingerprint density at radius 1 is 1.17 bits per heavy atom. The van der Waals surface area contributed by atoms with Crippen molar-refractivity contribution in [1.29, 1.82) is 0 Å². The molecule has 1 heterocycles. The van der Waals surface area contributed by atoms with Crippen LogP contribution in [0, 0.1) is 5.82 Å². The van der Waals surface area contributed by atoms with Crippen LogP contribution in [0.2, 0.25) is 0 Å². The topological polar surface area (TPSA) is 49.4 Å². The third-order valence-electron chi connectivity index (χ3n) is 4.23. The summed E-state index contributed by atoms with van der Waals surface area (Å²) in [7, 11) is 1.76. The molecule has 1 aliphatic heterocycles. The third kappa shape index (κ3) is 3.62. The lowest BCUT2D eigenvalue weighted by Gasteiger charge is -2.10. The van der Waals surface area contributed by atoms with Crippen LogP contribution in [0.4, 0.5) is 10.1 Å². The first-order valence-corrected chi connectivity index (χ1v) is 7.92. The number of carbonyl (C=O) groups excluding carboxylic acids is 2. The van der Waals surface area contributed by atoms with Gasteiger partial charge in [-0.25, -0.2) is 4.39 Å². The van der Waals surface area contributed by atoms with Crippen molar-refractivity contribution in [3.05, 3.63) is 65.0 Å². The molecule has 24 heavy (non-hydrogen) atoms. The van der Waals surface area contributed by atoms with Crippen molar-refractivity contribution >= 4 is 17.5 Å². The number of halogens is 1. The highest BCUT2D eigenvalue weighted by Crippen LogP contribution is 2.28. The molecule has 0 aromatic heterocycles. The average molecular weight is 326 g/mol. The SMILES string of the molecule is CN1C(=O)Cc2cc(CC(=O)NCCc3ccc(F)cc3)ccc21. The Kier molecular flexibility index (Phi) is 4.60. The molecule has 0 atom stereocenters. The fourth-order valence-corrected chi connectivity index (χ4v) is 2.88. The van der Waals surface area contributed by atoms with Gasteiger partial charge in [0.05, 0.1) is 12.8 Å². The predicted molar refractivity (Wildman–Crippen MR) is 90.4 cm³/mol. The molecule has 0 saturated heterocycles. The summed E-state index contributed by atoms with van der Waals surface area (Å²) in [6, 6.07) is 12.0. The van der Waals surface area contributed by atoms with E-state index in [1.54, 1.807) is 24.1 Å². The van der Waals surface area contributed by atoms with E-state index in [4.69, 9.17) is 0 Å². The van der Waals surface area contributed by atoms with Crippen LogP contribution in [0.1, 0.15) is 16.7 Å². The van der Waals surface area contributed by atoms with E-state index in [9.17, 15) is 14.0 Å². The summed E-state index contributed by atoms with van der Waals surface area (Å²) in [6.45, 7) is 0.511. The van der Waals surface area contributed by atoms with E-state index in [2.05, 4.69) is 5.32 Å². The lowest BCUT2D eigenvalue weighted by Crippen LogP contribution is -2.27. The van der Waals surface area contributed by atoms with Gasteiger partial charge >= 0.3 is 0 Å². The number of rotatable bonds is 5. The smallest absolute Gasteiger partial charge is 0.231 e. The molecule has 0 saturated carbocycles. The van der Waals surface area contributed by atoms with E-state index in [1.165, 1.54) is 12.1 Å². The van der Waals surface area contributed by atoms with Gasteiger partial charge in [-0.05, 0) is 41.3 Å². The Morgan fingerprint density at radius 3 is 2.62 bits per heavy atom. The van der Waals surface area contributed by atoms with Gasteiger partial charge in [0.2, 0.25) is 11.8 Å². The van der Waals surface area contributed by atoms with Crippen molar-refractivity contribution < 1.29 is 14.0 Å². The minimum Gasteiger partial charge on any atom is -0.355 e. The van der Waals surface area contributed by atoms with Crippen LogP contribution < -0.4 is 10.2 Å². The van der Waals surface area contributed by atoms with Gasteiger partial charge in [0.25, 0.3) is 0 Å². The van der Waals surface area contributed by atoms with Crippen LogP contribution in [0.5, 0.6) is 0 Å². The standard InChI is InChI=1S/C19H19FN2O2/c1-22-17-7-4-14(10-15(17)12-19(22)24)11-18(23)21-9-8-13-2-5-16(20)6-3-13/h2-7,10H,8-9,11-12H2,1H3,(H,21,23). The molecule has 0 spiro atoms. The first-order valence-electron chi connectivity index (χ1n) is 7.92. The number of benzene rings is 2. The van der Waals surface area contributed by atoms with E-state index >= 15 is 0 Å². The highest BCUT2D eigenvalue weighted by atomic mass is 19.1. The summed E-state index contributed by atoms with van der Waals surface area (Å²) >= 11 is 0. The van der Waals surface area contributed by atoms with Gasteiger partial charge in [0.1, 0.15) is 5.82 Å². The molecule has 124 valence electrons. The molecule has 2 aromatic rings. The number of fused-ring (bicyclic) bond motifs is 1. The van der Waals surface area contributed by atoms with Crippen molar-refractivity contribution in [2.24, 2.45) is 0 Å². The van der Waals surface area contributed by atoms with Crippen molar-refractivity contribution in [1.82, 2.24) is 5.32 Å². The second-order valence-electron chi connectivity index (χ2n) is 6.00. The average Bonchev–Trinajstić information content (AvgIpc) is 2.83. The summed E-state index contributed by atoms with van der Waals surface area (Å²) in [5.41, 5.74) is 3.77.